The van der Waals surface area contributed by atoms with Crippen molar-refractivity contribution in [1.29, 1.82) is 0 Å². The van der Waals surface area contributed by atoms with Gasteiger partial charge in [-0.15, -0.1) is 0 Å². The summed E-state index contributed by atoms with van der Waals surface area (Å²) in [6, 6.07) is 15.8. The molecule has 0 saturated heterocycles. The summed E-state index contributed by atoms with van der Waals surface area (Å²) in [5.74, 6) is 0.588. The van der Waals surface area contributed by atoms with Crippen molar-refractivity contribution in [2.75, 3.05) is 25.5 Å². The molecule has 0 bridgehead atoms. The average molecular weight is 328 g/mol. The molecule has 0 aliphatic carbocycles. The molecule has 128 valence electrons. The first-order valence-corrected chi connectivity index (χ1v) is 8.11. The van der Waals surface area contributed by atoms with Crippen LogP contribution in [0.4, 0.5) is 5.69 Å². The van der Waals surface area contributed by atoms with Crippen molar-refractivity contribution in [1.82, 2.24) is 5.32 Å². The van der Waals surface area contributed by atoms with Crippen LogP contribution in [0.25, 0.3) is 0 Å². The van der Waals surface area contributed by atoms with Gasteiger partial charge in [0.05, 0.1) is 18.9 Å². The number of aliphatic hydroxyl groups is 1. The normalized spacial score (nSPS) is 10.4. The van der Waals surface area contributed by atoms with Crippen molar-refractivity contribution < 1.29 is 14.6 Å². The van der Waals surface area contributed by atoms with Crippen molar-refractivity contribution in [3.05, 3.63) is 59.7 Å². The van der Waals surface area contributed by atoms with Gasteiger partial charge in [-0.25, -0.2) is 0 Å². The molecule has 0 spiro atoms. The third-order valence-electron chi connectivity index (χ3n) is 3.64. The maximum absolute atomic E-state index is 11.5. The number of amides is 1. The molecule has 0 heterocycles. The molecule has 0 aliphatic heterocycles. The van der Waals surface area contributed by atoms with Crippen LogP contribution in [-0.2, 0) is 17.6 Å². The van der Waals surface area contributed by atoms with Crippen LogP contribution in [0.5, 0.6) is 5.75 Å². The molecule has 4 N–H and O–H groups in total. The summed E-state index contributed by atoms with van der Waals surface area (Å²) >= 11 is 0. The minimum atomic E-state index is -0.0780. The summed E-state index contributed by atoms with van der Waals surface area (Å²) in [4.78, 5) is 11.5. The highest BCUT2D eigenvalue weighted by atomic mass is 16.5. The highest BCUT2D eigenvalue weighted by molar-refractivity contribution is 5.76. The van der Waals surface area contributed by atoms with Crippen molar-refractivity contribution in [3.8, 4) is 5.75 Å². The number of carbonyl (C=O) groups is 1. The lowest BCUT2D eigenvalue weighted by molar-refractivity contribution is -0.121. The first-order chi connectivity index (χ1) is 11.7. The molecule has 5 heteroatoms. The van der Waals surface area contributed by atoms with Crippen LogP contribution in [0.3, 0.4) is 0 Å². The zero-order valence-corrected chi connectivity index (χ0v) is 13.7. The van der Waals surface area contributed by atoms with Crippen LogP contribution in [0.1, 0.15) is 17.5 Å². The fraction of sp³-hybridized carbons (Fsp3) is 0.316. The summed E-state index contributed by atoms with van der Waals surface area (Å²) < 4.78 is 5.74. The van der Waals surface area contributed by atoms with E-state index < -0.39 is 0 Å². The number of ether oxygens (including phenoxy) is 1. The summed E-state index contributed by atoms with van der Waals surface area (Å²) in [5.41, 5.74) is 8.82. The lowest BCUT2D eigenvalue weighted by atomic mass is 10.1. The monoisotopic (exact) mass is 328 g/mol. The topological polar surface area (TPSA) is 84.6 Å². The number of nitrogens with one attached hydrogen (secondary N) is 1. The lowest BCUT2D eigenvalue weighted by Crippen LogP contribution is -2.26. The average Bonchev–Trinajstić information content (AvgIpc) is 2.60. The highest BCUT2D eigenvalue weighted by Gasteiger charge is 2.05. The van der Waals surface area contributed by atoms with Crippen LogP contribution in [0, 0.1) is 0 Å². The van der Waals surface area contributed by atoms with Gasteiger partial charge in [-0.3, -0.25) is 4.79 Å². The molecule has 0 atom stereocenters. The number of benzene rings is 2. The second-order valence-electron chi connectivity index (χ2n) is 5.53. The van der Waals surface area contributed by atoms with Crippen molar-refractivity contribution >= 4 is 11.6 Å². The molecule has 2 rings (SSSR count). The first-order valence-electron chi connectivity index (χ1n) is 8.11. The molecular formula is C19H24N2O3. The fourth-order valence-electron chi connectivity index (χ4n) is 2.35. The van der Waals surface area contributed by atoms with Gasteiger partial charge < -0.3 is 20.9 Å². The Hall–Kier alpha value is -2.53. The lowest BCUT2D eigenvalue weighted by Gasteiger charge is -2.11. The number of hydrogen-bond acceptors (Lipinski definition) is 4. The van der Waals surface area contributed by atoms with Crippen LogP contribution < -0.4 is 15.8 Å². The molecule has 0 saturated carbocycles. The van der Waals surface area contributed by atoms with Crippen molar-refractivity contribution in [2.45, 2.75) is 19.3 Å². The number of aryl methyl sites for hydroxylation is 1. The van der Waals surface area contributed by atoms with Crippen LogP contribution in [-0.4, -0.2) is 30.8 Å². The van der Waals surface area contributed by atoms with Gasteiger partial charge >= 0.3 is 0 Å². The van der Waals surface area contributed by atoms with Gasteiger partial charge in [0.25, 0.3) is 0 Å². The number of aliphatic hydroxyl groups excluding tert-OH is 1. The van der Waals surface area contributed by atoms with E-state index in [1.165, 1.54) is 5.56 Å². The smallest absolute Gasteiger partial charge is 0.220 e. The SMILES string of the molecule is Nc1cc(CCC(=O)NCCO)ccc1OCCc1ccccc1. The van der Waals surface area contributed by atoms with Gasteiger partial charge in [-0.2, -0.15) is 0 Å². The summed E-state index contributed by atoms with van der Waals surface area (Å²) in [7, 11) is 0. The molecule has 0 radical (unpaired) electrons. The number of hydrogen-bond donors (Lipinski definition) is 3. The third-order valence-corrected chi connectivity index (χ3v) is 3.64. The zero-order chi connectivity index (χ0) is 17.2. The molecule has 5 nitrogen and oxygen atoms in total. The van der Waals surface area contributed by atoms with E-state index in [0.29, 0.717) is 30.9 Å². The van der Waals surface area contributed by atoms with E-state index in [9.17, 15) is 4.79 Å². The van der Waals surface area contributed by atoms with E-state index in [0.717, 1.165) is 12.0 Å². The van der Waals surface area contributed by atoms with E-state index >= 15 is 0 Å². The number of anilines is 1. The fourth-order valence-corrected chi connectivity index (χ4v) is 2.35. The quantitative estimate of drug-likeness (QED) is 0.614. The van der Waals surface area contributed by atoms with Gasteiger partial charge in [0.2, 0.25) is 5.91 Å². The van der Waals surface area contributed by atoms with Crippen molar-refractivity contribution in [3.63, 3.8) is 0 Å². The predicted octanol–water partition coefficient (Wildman–Crippen LogP) is 1.93. The Balaban J connectivity index is 1.80. The molecule has 0 fully saturated rings. The molecule has 2 aromatic rings. The van der Waals surface area contributed by atoms with Gasteiger partial charge in [-0.1, -0.05) is 36.4 Å². The first kappa shape index (κ1) is 17.8. The van der Waals surface area contributed by atoms with Gasteiger partial charge in [0.1, 0.15) is 5.75 Å². The Morgan fingerprint density at radius 3 is 2.58 bits per heavy atom. The molecule has 1 amide bonds. The van der Waals surface area contributed by atoms with Crippen molar-refractivity contribution in [2.24, 2.45) is 0 Å². The van der Waals surface area contributed by atoms with Crippen LogP contribution >= 0.6 is 0 Å². The summed E-state index contributed by atoms with van der Waals surface area (Å²) in [6.45, 7) is 0.806. The molecule has 0 unspecified atom stereocenters. The maximum Gasteiger partial charge on any atom is 0.220 e. The minimum absolute atomic E-state index is 0.0479. The highest BCUT2D eigenvalue weighted by Crippen LogP contribution is 2.23. The summed E-state index contributed by atoms with van der Waals surface area (Å²) in [6.07, 6.45) is 1.80. The van der Waals surface area contributed by atoms with Gasteiger partial charge in [0, 0.05) is 19.4 Å². The largest absolute Gasteiger partial charge is 0.491 e. The Morgan fingerprint density at radius 1 is 1.08 bits per heavy atom. The van der Waals surface area contributed by atoms with Gasteiger partial charge in [0.15, 0.2) is 0 Å². The van der Waals surface area contributed by atoms with Crippen LogP contribution in [0.15, 0.2) is 48.5 Å². The van der Waals surface area contributed by atoms with E-state index in [1.54, 1.807) is 0 Å². The third kappa shape index (κ3) is 5.93. The second kappa shape index (κ2) is 9.57. The molecule has 0 aromatic heterocycles. The standard InChI is InChI=1S/C19H24N2O3/c20-17-14-16(7-9-19(23)21-11-12-22)6-8-18(17)24-13-10-15-4-2-1-3-5-15/h1-6,8,14,22H,7,9-13,20H2,(H,21,23). The Morgan fingerprint density at radius 2 is 1.88 bits per heavy atom. The number of nitrogens with two attached hydrogens (primary N) is 1. The molecular weight excluding hydrogens is 304 g/mol. The summed E-state index contributed by atoms with van der Waals surface area (Å²) in [5, 5.41) is 11.3. The molecule has 0 aliphatic rings. The zero-order valence-electron chi connectivity index (χ0n) is 13.7. The molecule has 2 aromatic carbocycles. The Labute approximate surface area is 142 Å². The molecule has 24 heavy (non-hydrogen) atoms. The second-order valence-corrected chi connectivity index (χ2v) is 5.53. The van der Waals surface area contributed by atoms with E-state index in [-0.39, 0.29) is 19.1 Å². The Kier molecular flexibility index (Phi) is 7.11. The predicted molar refractivity (Wildman–Crippen MR) is 94.9 cm³/mol. The van der Waals surface area contributed by atoms with Crippen LogP contribution in [0.2, 0.25) is 0 Å². The minimum Gasteiger partial charge on any atom is -0.491 e. The maximum atomic E-state index is 11.5. The number of carbonyl (C=O) groups excluding carboxylic acids is 1. The van der Waals surface area contributed by atoms with E-state index in [1.807, 2.05) is 36.4 Å². The number of nitrogen functional groups attached to an aromatic ring is 1. The Bertz CT molecular complexity index is 644. The van der Waals surface area contributed by atoms with E-state index in [2.05, 4.69) is 17.4 Å². The van der Waals surface area contributed by atoms with E-state index in [4.69, 9.17) is 15.6 Å². The number of rotatable bonds is 9. The van der Waals surface area contributed by atoms with Gasteiger partial charge in [-0.05, 0) is 29.7 Å².